The molecule has 5 nitrogen and oxygen atoms in total. The molecule has 1 fully saturated rings. The summed E-state index contributed by atoms with van der Waals surface area (Å²) < 4.78 is 4.76. The van der Waals surface area contributed by atoms with Crippen LogP contribution in [0.5, 0.6) is 0 Å². The Hall–Kier alpha value is -1.26. The van der Waals surface area contributed by atoms with Crippen molar-refractivity contribution in [1.29, 1.82) is 0 Å². The number of hydrogen-bond acceptors (Lipinski definition) is 3. The molecule has 0 aromatic carbocycles. The van der Waals surface area contributed by atoms with Gasteiger partial charge >= 0.3 is 12.1 Å². The van der Waals surface area contributed by atoms with Gasteiger partial charge in [0.2, 0.25) is 5.60 Å². The van der Waals surface area contributed by atoms with Gasteiger partial charge in [-0.15, -0.1) is 0 Å². The third-order valence-corrected chi connectivity index (χ3v) is 2.01. The maximum absolute atomic E-state index is 11.1. The van der Waals surface area contributed by atoms with Crippen LogP contribution in [0.2, 0.25) is 0 Å². The lowest BCUT2D eigenvalue weighted by molar-refractivity contribution is -0.153. The minimum atomic E-state index is -1.37. The molecule has 5 heteroatoms. The number of carbonyl (C=O) groups is 2. The molecule has 1 N–H and O–H groups in total. The normalized spacial score (nSPS) is 27.5. The smallest absolute Gasteiger partial charge is 0.411 e. The zero-order valence-electron chi connectivity index (χ0n) is 7.74. The summed E-state index contributed by atoms with van der Waals surface area (Å²) in [6, 6.07) is 0. The first kappa shape index (κ1) is 9.83. The van der Waals surface area contributed by atoms with Gasteiger partial charge in [0.05, 0.1) is 6.54 Å². The van der Waals surface area contributed by atoms with Crippen LogP contribution in [0.25, 0.3) is 0 Å². The van der Waals surface area contributed by atoms with E-state index < -0.39 is 17.7 Å². The molecule has 1 saturated heterocycles. The Bertz CT molecular complexity index is 240. The van der Waals surface area contributed by atoms with E-state index in [0.29, 0.717) is 6.54 Å². The number of amides is 1. The first-order valence-electron chi connectivity index (χ1n) is 4.21. The van der Waals surface area contributed by atoms with Gasteiger partial charge in [-0.2, -0.15) is 0 Å². The molecule has 1 rings (SSSR count). The van der Waals surface area contributed by atoms with Gasteiger partial charge in [0.1, 0.15) is 0 Å². The quantitative estimate of drug-likeness (QED) is 0.706. The van der Waals surface area contributed by atoms with E-state index in [-0.39, 0.29) is 6.54 Å². The molecule has 1 heterocycles. The number of carboxylic acid groups (broad SMARTS) is 1. The molecule has 0 spiro atoms. The second-order valence-electron chi connectivity index (χ2n) is 3.33. The van der Waals surface area contributed by atoms with Crippen molar-refractivity contribution in [2.24, 2.45) is 0 Å². The number of carboxylic acids is 1. The van der Waals surface area contributed by atoms with Crippen LogP contribution in [0.4, 0.5) is 4.79 Å². The van der Waals surface area contributed by atoms with Crippen LogP contribution in [0.15, 0.2) is 0 Å². The molecule has 0 aromatic heterocycles. The largest absolute Gasteiger partial charge is 0.478 e. The number of cyclic esters (lactones) is 1. The van der Waals surface area contributed by atoms with Crippen LogP contribution in [-0.4, -0.2) is 40.8 Å². The van der Waals surface area contributed by atoms with E-state index in [2.05, 4.69) is 0 Å². The second-order valence-corrected chi connectivity index (χ2v) is 3.33. The van der Waals surface area contributed by atoms with Crippen molar-refractivity contribution >= 4 is 12.1 Å². The molecule has 1 aliphatic rings. The first-order chi connectivity index (χ1) is 5.99. The third kappa shape index (κ3) is 1.74. The van der Waals surface area contributed by atoms with Gasteiger partial charge in [-0.3, -0.25) is 0 Å². The Labute approximate surface area is 76.3 Å². The minimum Gasteiger partial charge on any atom is -0.478 e. The first-order valence-corrected chi connectivity index (χ1v) is 4.21. The van der Waals surface area contributed by atoms with Crippen molar-refractivity contribution < 1.29 is 19.4 Å². The Morgan fingerprint density at radius 2 is 2.38 bits per heavy atom. The average molecular weight is 187 g/mol. The lowest BCUT2D eigenvalue weighted by Crippen LogP contribution is -2.39. The van der Waals surface area contributed by atoms with Crippen molar-refractivity contribution in [3.63, 3.8) is 0 Å². The lowest BCUT2D eigenvalue weighted by Gasteiger charge is -2.15. The maximum Gasteiger partial charge on any atom is 0.411 e. The number of aliphatic carboxylic acids is 1. The summed E-state index contributed by atoms with van der Waals surface area (Å²) in [5.74, 6) is -1.10. The van der Waals surface area contributed by atoms with E-state index in [1.807, 2.05) is 6.92 Å². The number of nitrogens with zero attached hydrogens (tertiary/aromatic N) is 1. The lowest BCUT2D eigenvalue weighted by atomic mass is 10.1. The highest BCUT2D eigenvalue weighted by molar-refractivity contribution is 5.84. The second kappa shape index (κ2) is 3.24. The van der Waals surface area contributed by atoms with Crippen molar-refractivity contribution in [3.8, 4) is 0 Å². The molecule has 74 valence electrons. The summed E-state index contributed by atoms with van der Waals surface area (Å²) in [7, 11) is 0. The molecule has 1 atom stereocenters. The summed E-state index contributed by atoms with van der Waals surface area (Å²) in [4.78, 5) is 23.3. The SMILES string of the molecule is CCCN1CC(C)(C(=O)O)OC1=O. The molecule has 13 heavy (non-hydrogen) atoms. The Morgan fingerprint density at radius 1 is 1.77 bits per heavy atom. The predicted octanol–water partition coefficient (Wildman–Crippen LogP) is 0.692. The molecule has 0 saturated carbocycles. The topological polar surface area (TPSA) is 66.8 Å². The number of hydrogen-bond donors (Lipinski definition) is 1. The zero-order chi connectivity index (χ0) is 10.1. The van der Waals surface area contributed by atoms with Crippen molar-refractivity contribution in [2.45, 2.75) is 25.9 Å². The van der Waals surface area contributed by atoms with E-state index in [4.69, 9.17) is 9.84 Å². The van der Waals surface area contributed by atoms with Gasteiger partial charge in [0.25, 0.3) is 0 Å². The summed E-state index contributed by atoms with van der Waals surface area (Å²) in [5, 5.41) is 8.77. The van der Waals surface area contributed by atoms with Gasteiger partial charge in [-0.25, -0.2) is 9.59 Å². The Kier molecular flexibility index (Phi) is 2.45. The van der Waals surface area contributed by atoms with E-state index in [0.717, 1.165) is 6.42 Å². The van der Waals surface area contributed by atoms with E-state index in [1.54, 1.807) is 0 Å². The summed E-state index contributed by atoms with van der Waals surface area (Å²) in [5.41, 5.74) is -1.37. The fourth-order valence-electron chi connectivity index (χ4n) is 1.27. The van der Waals surface area contributed by atoms with Crippen LogP contribution < -0.4 is 0 Å². The predicted molar refractivity (Wildman–Crippen MR) is 44.4 cm³/mol. The Balaban J connectivity index is 2.69. The number of rotatable bonds is 3. The van der Waals surface area contributed by atoms with E-state index in [9.17, 15) is 9.59 Å². The third-order valence-electron chi connectivity index (χ3n) is 2.01. The molecular weight excluding hydrogens is 174 g/mol. The van der Waals surface area contributed by atoms with Crippen LogP contribution >= 0.6 is 0 Å². The standard InChI is InChI=1S/C8H13NO4/c1-3-4-9-5-8(2,6(10)11)13-7(9)12/h3-5H2,1-2H3,(H,10,11). The Morgan fingerprint density at radius 3 is 2.77 bits per heavy atom. The molecule has 0 bridgehead atoms. The van der Waals surface area contributed by atoms with Gasteiger partial charge in [-0.1, -0.05) is 6.92 Å². The highest BCUT2D eigenvalue weighted by atomic mass is 16.6. The summed E-state index contributed by atoms with van der Waals surface area (Å²) >= 11 is 0. The number of ether oxygens (including phenoxy) is 1. The summed E-state index contributed by atoms with van der Waals surface area (Å²) in [6.07, 6.45) is 0.261. The number of carbonyl (C=O) groups excluding carboxylic acids is 1. The fourth-order valence-corrected chi connectivity index (χ4v) is 1.27. The maximum atomic E-state index is 11.1. The molecule has 1 aliphatic heterocycles. The average Bonchev–Trinajstić information content (AvgIpc) is 2.29. The highest BCUT2D eigenvalue weighted by Crippen LogP contribution is 2.22. The van der Waals surface area contributed by atoms with Gasteiger partial charge in [0, 0.05) is 6.54 Å². The molecule has 0 aromatic rings. The minimum absolute atomic E-state index is 0.134. The molecule has 1 amide bonds. The van der Waals surface area contributed by atoms with Crippen LogP contribution in [0.3, 0.4) is 0 Å². The van der Waals surface area contributed by atoms with Crippen molar-refractivity contribution in [2.75, 3.05) is 13.1 Å². The van der Waals surface area contributed by atoms with Crippen LogP contribution in [-0.2, 0) is 9.53 Å². The van der Waals surface area contributed by atoms with Gasteiger partial charge in [0.15, 0.2) is 0 Å². The highest BCUT2D eigenvalue weighted by Gasteiger charge is 2.47. The van der Waals surface area contributed by atoms with Gasteiger partial charge < -0.3 is 14.7 Å². The van der Waals surface area contributed by atoms with Crippen molar-refractivity contribution in [3.05, 3.63) is 0 Å². The van der Waals surface area contributed by atoms with Crippen molar-refractivity contribution in [1.82, 2.24) is 4.90 Å². The molecule has 0 radical (unpaired) electrons. The summed E-state index contributed by atoms with van der Waals surface area (Å²) in [6.45, 7) is 4.00. The van der Waals surface area contributed by atoms with Gasteiger partial charge in [-0.05, 0) is 13.3 Å². The van der Waals surface area contributed by atoms with E-state index in [1.165, 1.54) is 11.8 Å². The monoisotopic (exact) mass is 187 g/mol. The van der Waals surface area contributed by atoms with Crippen LogP contribution in [0, 0.1) is 0 Å². The molecule has 0 aliphatic carbocycles. The fraction of sp³-hybridized carbons (Fsp3) is 0.750. The zero-order valence-corrected chi connectivity index (χ0v) is 7.74. The van der Waals surface area contributed by atoms with E-state index >= 15 is 0 Å². The molecular formula is C8H13NO4. The molecule has 1 unspecified atom stereocenters. The van der Waals surface area contributed by atoms with Crippen LogP contribution in [0.1, 0.15) is 20.3 Å².